The van der Waals surface area contributed by atoms with Gasteiger partial charge in [-0.2, -0.15) is 0 Å². The fourth-order valence-corrected chi connectivity index (χ4v) is 1.59. The van der Waals surface area contributed by atoms with Gasteiger partial charge in [-0.3, -0.25) is 4.79 Å². The molecule has 6 nitrogen and oxygen atoms in total. The topological polar surface area (TPSA) is 81.2 Å². The predicted molar refractivity (Wildman–Crippen MR) is 79.0 cm³/mol. The van der Waals surface area contributed by atoms with Crippen molar-refractivity contribution in [3.8, 4) is 0 Å². The molecule has 0 spiro atoms. The first kappa shape index (κ1) is 14.9. The van der Waals surface area contributed by atoms with Crippen molar-refractivity contribution in [3.63, 3.8) is 0 Å². The Labute approximate surface area is 122 Å². The van der Waals surface area contributed by atoms with Crippen LogP contribution in [0.15, 0.2) is 24.3 Å². The van der Waals surface area contributed by atoms with Gasteiger partial charge in [0.2, 0.25) is 5.91 Å². The van der Waals surface area contributed by atoms with Crippen molar-refractivity contribution in [2.45, 2.75) is 20.8 Å². The van der Waals surface area contributed by atoms with Gasteiger partial charge in [-0.25, -0.2) is 14.8 Å². The Balaban J connectivity index is 2.36. The van der Waals surface area contributed by atoms with E-state index in [9.17, 15) is 9.59 Å². The maximum Gasteiger partial charge on any atom is 0.356 e. The molecule has 0 aliphatic rings. The van der Waals surface area contributed by atoms with E-state index in [1.165, 1.54) is 7.11 Å². The molecule has 0 saturated heterocycles. The van der Waals surface area contributed by atoms with Crippen LogP contribution in [-0.2, 0) is 9.53 Å². The second kappa shape index (κ2) is 5.47. The van der Waals surface area contributed by atoms with E-state index in [0.717, 1.165) is 5.39 Å². The van der Waals surface area contributed by atoms with Crippen LogP contribution in [0.2, 0.25) is 0 Å². The molecule has 6 heteroatoms. The molecular formula is C15H17N3O3. The zero-order valence-corrected chi connectivity index (χ0v) is 12.4. The number of ether oxygens (including phenoxy) is 1. The number of nitrogens with zero attached hydrogens (tertiary/aromatic N) is 2. The number of fused-ring (bicyclic) bond motifs is 1. The molecule has 0 aromatic carbocycles. The highest BCUT2D eigenvalue weighted by atomic mass is 16.5. The normalized spacial score (nSPS) is 11.2. The molecule has 0 saturated carbocycles. The Kier molecular flexibility index (Phi) is 3.88. The molecule has 110 valence electrons. The van der Waals surface area contributed by atoms with E-state index in [4.69, 9.17) is 0 Å². The van der Waals surface area contributed by atoms with Crippen LogP contribution in [0.3, 0.4) is 0 Å². The van der Waals surface area contributed by atoms with Gasteiger partial charge in [0.1, 0.15) is 5.82 Å². The first-order valence-electron chi connectivity index (χ1n) is 6.49. The Hall–Kier alpha value is -2.50. The van der Waals surface area contributed by atoms with Gasteiger partial charge in [0.25, 0.3) is 0 Å². The lowest BCUT2D eigenvalue weighted by molar-refractivity contribution is -0.123. The van der Waals surface area contributed by atoms with Crippen molar-refractivity contribution in [1.29, 1.82) is 0 Å². The fourth-order valence-electron chi connectivity index (χ4n) is 1.59. The summed E-state index contributed by atoms with van der Waals surface area (Å²) in [5.41, 5.74) is 0.0409. The van der Waals surface area contributed by atoms with Gasteiger partial charge in [-0.05, 0) is 24.3 Å². The molecule has 0 unspecified atom stereocenters. The molecule has 2 rings (SSSR count). The Bertz CT molecular complexity index is 705. The van der Waals surface area contributed by atoms with E-state index in [1.807, 2.05) is 20.8 Å². The van der Waals surface area contributed by atoms with Crippen LogP contribution in [-0.4, -0.2) is 29.0 Å². The van der Waals surface area contributed by atoms with Gasteiger partial charge < -0.3 is 10.1 Å². The Morgan fingerprint density at radius 3 is 2.38 bits per heavy atom. The Morgan fingerprint density at radius 1 is 1.10 bits per heavy atom. The molecule has 21 heavy (non-hydrogen) atoms. The summed E-state index contributed by atoms with van der Waals surface area (Å²) in [6, 6.07) is 6.79. The number of nitrogens with one attached hydrogen (secondary N) is 1. The van der Waals surface area contributed by atoms with Gasteiger partial charge in [0, 0.05) is 10.8 Å². The van der Waals surface area contributed by atoms with Crippen LogP contribution in [0.25, 0.3) is 11.0 Å². The summed E-state index contributed by atoms with van der Waals surface area (Å²) in [4.78, 5) is 31.8. The average Bonchev–Trinajstić information content (AvgIpc) is 2.44. The van der Waals surface area contributed by atoms with Crippen LogP contribution >= 0.6 is 0 Å². The summed E-state index contributed by atoms with van der Waals surface area (Å²) in [6.45, 7) is 5.45. The van der Waals surface area contributed by atoms with E-state index in [0.29, 0.717) is 11.5 Å². The second-order valence-corrected chi connectivity index (χ2v) is 5.64. The van der Waals surface area contributed by atoms with Gasteiger partial charge in [0.05, 0.1) is 7.11 Å². The lowest BCUT2D eigenvalue weighted by Crippen LogP contribution is -2.28. The third-order valence-corrected chi connectivity index (χ3v) is 2.87. The van der Waals surface area contributed by atoms with Crippen LogP contribution in [0.1, 0.15) is 31.3 Å². The average molecular weight is 287 g/mol. The highest BCUT2D eigenvalue weighted by Crippen LogP contribution is 2.18. The number of hydrogen-bond acceptors (Lipinski definition) is 5. The lowest BCUT2D eigenvalue weighted by atomic mass is 9.96. The first-order chi connectivity index (χ1) is 9.81. The maximum absolute atomic E-state index is 11.9. The van der Waals surface area contributed by atoms with E-state index in [2.05, 4.69) is 20.0 Å². The summed E-state index contributed by atoms with van der Waals surface area (Å²) in [7, 11) is 1.29. The zero-order valence-electron chi connectivity index (χ0n) is 12.4. The zero-order chi connectivity index (χ0) is 15.6. The van der Waals surface area contributed by atoms with Gasteiger partial charge in [-0.15, -0.1) is 0 Å². The molecular weight excluding hydrogens is 270 g/mol. The highest BCUT2D eigenvalue weighted by Gasteiger charge is 2.21. The van der Waals surface area contributed by atoms with Crippen LogP contribution < -0.4 is 5.32 Å². The number of aromatic nitrogens is 2. The summed E-state index contributed by atoms with van der Waals surface area (Å²) >= 11 is 0. The van der Waals surface area contributed by atoms with Crippen molar-refractivity contribution in [3.05, 3.63) is 30.0 Å². The van der Waals surface area contributed by atoms with Crippen LogP contribution in [0, 0.1) is 5.41 Å². The van der Waals surface area contributed by atoms with Crippen molar-refractivity contribution < 1.29 is 14.3 Å². The predicted octanol–water partition coefficient (Wildman–Crippen LogP) is 2.40. The number of rotatable bonds is 2. The number of hydrogen-bond donors (Lipinski definition) is 1. The third-order valence-electron chi connectivity index (χ3n) is 2.87. The van der Waals surface area contributed by atoms with Crippen LogP contribution in [0.4, 0.5) is 5.82 Å². The number of anilines is 1. The van der Waals surface area contributed by atoms with E-state index in [1.54, 1.807) is 24.3 Å². The minimum absolute atomic E-state index is 0.140. The number of amides is 1. The number of carbonyl (C=O) groups is 2. The molecule has 0 radical (unpaired) electrons. The van der Waals surface area contributed by atoms with Crippen molar-refractivity contribution in [2.75, 3.05) is 12.4 Å². The number of esters is 1. The van der Waals surface area contributed by atoms with Crippen LogP contribution in [0.5, 0.6) is 0 Å². The number of pyridine rings is 2. The molecule has 0 bridgehead atoms. The third kappa shape index (κ3) is 3.34. The lowest BCUT2D eigenvalue weighted by Gasteiger charge is -2.17. The summed E-state index contributed by atoms with van der Waals surface area (Å²) in [5.74, 6) is -0.266. The monoisotopic (exact) mass is 287 g/mol. The molecule has 0 fully saturated rings. The molecule has 0 atom stereocenters. The van der Waals surface area contributed by atoms with Crippen molar-refractivity contribution in [2.24, 2.45) is 5.41 Å². The van der Waals surface area contributed by atoms with E-state index < -0.39 is 11.4 Å². The van der Waals surface area contributed by atoms with Crippen molar-refractivity contribution in [1.82, 2.24) is 9.97 Å². The fraction of sp³-hybridized carbons (Fsp3) is 0.333. The minimum Gasteiger partial charge on any atom is -0.464 e. The summed E-state index contributed by atoms with van der Waals surface area (Å²) < 4.78 is 4.63. The highest BCUT2D eigenvalue weighted by molar-refractivity contribution is 5.95. The quantitative estimate of drug-likeness (QED) is 0.858. The molecule has 0 aliphatic carbocycles. The SMILES string of the molecule is COC(=O)c1ccc2ccc(NC(=O)C(C)(C)C)nc2n1. The van der Waals surface area contributed by atoms with E-state index in [-0.39, 0.29) is 11.6 Å². The van der Waals surface area contributed by atoms with Gasteiger partial charge in [0.15, 0.2) is 11.3 Å². The standard InChI is InChI=1S/C15H17N3O3/c1-15(2,3)14(20)18-11-8-6-9-5-7-10(13(19)21-4)16-12(9)17-11/h5-8H,1-4H3,(H,16,17,18,20). The smallest absolute Gasteiger partial charge is 0.356 e. The molecule has 2 aromatic rings. The maximum atomic E-state index is 11.9. The largest absolute Gasteiger partial charge is 0.464 e. The minimum atomic E-state index is -0.525. The molecule has 1 amide bonds. The van der Waals surface area contributed by atoms with Gasteiger partial charge >= 0.3 is 5.97 Å². The number of carbonyl (C=O) groups excluding carboxylic acids is 2. The molecule has 2 aromatic heterocycles. The number of methoxy groups -OCH3 is 1. The summed E-state index contributed by atoms with van der Waals surface area (Å²) in [6.07, 6.45) is 0. The molecule has 1 N–H and O–H groups in total. The second-order valence-electron chi connectivity index (χ2n) is 5.64. The van der Waals surface area contributed by atoms with Gasteiger partial charge in [-0.1, -0.05) is 20.8 Å². The van der Waals surface area contributed by atoms with E-state index >= 15 is 0 Å². The first-order valence-corrected chi connectivity index (χ1v) is 6.49. The van der Waals surface area contributed by atoms with Crippen molar-refractivity contribution >= 4 is 28.7 Å². The summed E-state index contributed by atoms with van der Waals surface area (Å²) in [5, 5.41) is 3.50. The molecule has 2 heterocycles. The molecule has 0 aliphatic heterocycles. The Morgan fingerprint density at radius 2 is 1.76 bits per heavy atom.